The highest BCUT2D eigenvalue weighted by Crippen LogP contribution is 2.42. The minimum atomic E-state index is -3.99. The summed E-state index contributed by atoms with van der Waals surface area (Å²) >= 11 is 0. The Morgan fingerprint density at radius 2 is 1.12 bits per heavy atom. The Bertz CT molecular complexity index is 1990. The van der Waals surface area contributed by atoms with Crippen LogP contribution in [-0.4, -0.2) is 66.6 Å². The number of hydrogen-bond donors (Lipinski definition) is 0. The molecule has 4 atom stereocenters. The monoisotopic (exact) mass is 806 g/mol. The molecule has 1 aliphatic rings. The van der Waals surface area contributed by atoms with Crippen LogP contribution in [0.2, 0.25) is 5.04 Å². The average Bonchev–Trinajstić information content (AvgIpc) is 3.19. The van der Waals surface area contributed by atoms with Gasteiger partial charge in [0.2, 0.25) is 0 Å². The molecule has 5 aromatic carbocycles. The van der Waals surface area contributed by atoms with Crippen LogP contribution in [0.5, 0.6) is 0 Å². The summed E-state index contributed by atoms with van der Waals surface area (Å²) in [7, 11) is -7.04. The first-order valence-electron chi connectivity index (χ1n) is 19.4. The van der Waals surface area contributed by atoms with Gasteiger partial charge in [-0.3, -0.25) is 4.18 Å². The first kappa shape index (κ1) is 42.3. The van der Waals surface area contributed by atoms with Gasteiger partial charge in [-0.2, -0.15) is 8.42 Å². The van der Waals surface area contributed by atoms with Crippen molar-refractivity contribution in [3.8, 4) is 0 Å². The Kier molecular flexibility index (Phi) is 13.2. The van der Waals surface area contributed by atoms with Crippen LogP contribution in [0.15, 0.2) is 152 Å². The fourth-order valence-corrected chi connectivity index (χ4v) is 13.5. The number of benzene rings is 5. The normalized spacial score (nSPS) is 19.4. The van der Waals surface area contributed by atoms with Gasteiger partial charge in [-0.25, -0.2) is 0 Å². The van der Waals surface area contributed by atoms with E-state index in [-0.39, 0.29) is 24.7 Å². The maximum absolute atomic E-state index is 13.0. The molecular formula is C47H54O8SSi. The summed E-state index contributed by atoms with van der Waals surface area (Å²) in [6.07, 6.45) is -0.757. The first-order chi connectivity index (χ1) is 27.2. The van der Waals surface area contributed by atoms with E-state index in [0.717, 1.165) is 39.6 Å². The highest BCUT2D eigenvalue weighted by molar-refractivity contribution is 7.86. The second-order valence-electron chi connectivity index (χ2n) is 16.2. The van der Waals surface area contributed by atoms with Crippen LogP contribution < -0.4 is 10.4 Å². The molecule has 0 bridgehead atoms. The molecule has 57 heavy (non-hydrogen) atoms. The molecule has 300 valence electrons. The molecule has 8 nitrogen and oxygen atoms in total. The molecule has 10 heteroatoms. The second-order valence-corrected chi connectivity index (χ2v) is 22.1. The molecule has 0 radical (unpaired) electrons. The lowest BCUT2D eigenvalue weighted by atomic mass is 9.80. The van der Waals surface area contributed by atoms with E-state index in [0.29, 0.717) is 0 Å². The van der Waals surface area contributed by atoms with Crippen LogP contribution in [0.25, 0.3) is 0 Å². The van der Waals surface area contributed by atoms with Crippen LogP contribution in [-0.2, 0) is 43.3 Å². The largest absolute Gasteiger partial charge is 0.407 e. The van der Waals surface area contributed by atoms with Crippen LogP contribution in [0.4, 0.5) is 0 Å². The summed E-state index contributed by atoms with van der Waals surface area (Å²) < 4.78 is 59.2. The lowest BCUT2D eigenvalue weighted by molar-refractivity contribution is -0.317. The Labute approximate surface area is 339 Å². The van der Waals surface area contributed by atoms with Crippen molar-refractivity contribution in [2.75, 3.05) is 19.5 Å². The van der Waals surface area contributed by atoms with Crippen LogP contribution >= 0.6 is 0 Å². The number of ether oxygens (including phenoxy) is 3. The number of carbonyl (C=O) groups is 1. The third-order valence-corrected chi connectivity index (χ3v) is 16.3. The summed E-state index contributed by atoms with van der Waals surface area (Å²) in [5.41, 5.74) is 1.46. The zero-order valence-corrected chi connectivity index (χ0v) is 35.4. The molecule has 1 saturated heterocycles. The van der Waals surface area contributed by atoms with E-state index < -0.39 is 54.1 Å². The minimum Gasteiger partial charge on any atom is -0.407 e. The van der Waals surface area contributed by atoms with E-state index >= 15 is 0 Å². The van der Waals surface area contributed by atoms with Crippen LogP contribution in [0.1, 0.15) is 57.7 Å². The molecule has 0 aliphatic carbocycles. The van der Waals surface area contributed by atoms with Gasteiger partial charge in [-0.15, -0.1) is 0 Å². The summed E-state index contributed by atoms with van der Waals surface area (Å²) in [5.74, 6) is -1.78. The Hall–Kier alpha value is -4.26. The predicted octanol–water partition coefficient (Wildman–Crippen LogP) is 7.64. The molecular weight excluding hydrogens is 753 g/mol. The van der Waals surface area contributed by atoms with Crippen molar-refractivity contribution >= 4 is 35.1 Å². The highest BCUT2D eigenvalue weighted by Gasteiger charge is 2.52. The van der Waals surface area contributed by atoms with Gasteiger partial charge in [0, 0.05) is 18.9 Å². The highest BCUT2D eigenvalue weighted by atomic mass is 32.2. The maximum atomic E-state index is 13.0. The van der Waals surface area contributed by atoms with Gasteiger partial charge in [0.25, 0.3) is 18.4 Å². The van der Waals surface area contributed by atoms with Gasteiger partial charge in [0.1, 0.15) is 24.1 Å². The summed E-state index contributed by atoms with van der Waals surface area (Å²) in [6, 6.07) is 50.1. The maximum Gasteiger partial charge on any atom is 0.264 e. The van der Waals surface area contributed by atoms with E-state index in [2.05, 4.69) is 45.0 Å². The van der Waals surface area contributed by atoms with Gasteiger partial charge in [0.05, 0.1) is 19.0 Å². The SMILES string of the molecule is CC1(C)O[C@@H](C=O)[C@@H](CO[Si](c2ccccc2)(c2ccccc2)C(C)(C)C)[C@H](C[C@@H](COC(c2ccccc2)(c2ccccc2)c2ccccc2)OS(C)(=O)=O)O1. The van der Waals surface area contributed by atoms with E-state index in [9.17, 15) is 13.2 Å². The molecule has 0 N–H and O–H groups in total. The van der Waals surface area contributed by atoms with Gasteiger partial charge >= 0.3 is 0 Å². The third kappa shape index (κ3) is 9.55. The van der Waals surface area contributed by atoms with E-state index in [4.69, 9.17) is 22.8 Å². The molecule has 1 fully saturated rings. The molecule has 5 aromatic rings. The van der Waals surface area contributed by atoms with Crippen molar-refractivity contribution in [1.82, 2.24) is 0 Å². The molecule has 6 rings (SSSR count). The quantitative estimate of drug-likeness (QED) is 0.0435. The summed E-state index contributed by atoms with van der Waals surface area (Å²) in [4.78, 5) is 12.9. The Morgan fingerprint density at radius 3 is 1.51 bits per heavy atom. The molecule has 1 heterocycles. The van der Waals surface area contributed by atoms with Gasteiger partial charge < -0.3 is 23.4 Å². The van der Waals surface area contributed by atoms with E-state index in [1.807, 2.05) is 127 Å². The molecule has 0 aromatic heterocycles. The van der Waals surface area contributed by atoms with Gasteiger partial charge in [0.15, 0.2) is 5.79 Å². The number of carbonyl (C=O) groups excluding carboxylic acids is 1. The molecule has 0 amide bonds. The fraction of sp³-hybridized carbons (Fsp3) is 0.340. The first-order valence-corrected chi connectivity index (χ1v) is 23.2. The summed E-state index contributed by atoms with van der Waals surface area (Å²) in [5, 5.41) is 1.85. The second kappa shape index (κ2) is 17.7. The zero-order valence-electron chi connectivity index (χ0n) is 33.6. The molecule has 0 spiro atoms. The van der Waals surface area contributed by atoms with Crippen molar-refractivity contribution in [2.45, 2.75) is 75.8 Å². The molecule has 0 saturated carbocycles. The van der Waals surface area contributed by atoms with Crippen molar-refractivity contribution in [3.05, 3.63) is 168 Å². The number of aldehydes is 1. The van der Waals surface area contributed by atoms with Crippen molar-refractivity contribution in [2.24, 2.45) is 5.92 Å². The van der Waals surface area contributed by atoms with Crippen molar-refractivity contribution < 1.29 is 36.0 Å². The Balaban J connectivity index is 1.40. The predicted molar refractivity (Wildman–Crippen MR) is 226 cm³/mol. The Morgan fingerprint density at radius 1 is 0.702 bits per heavy atom. The summed E-state index contributed by atoms with van der Waals surface area (Å²) in [6.45, 7) is 10.0. The minimum absolute atomic E-state index is 0.0629. The molecule has 0 unspecified atom stereocenters. The topological polar surface area (TPSA) is 97.4 Å². The fourth-order valence-electron chi connectivity index (χ4n) is 8.27. The van der Waals surface area contributed by atoms with Crippen molar-refractivity contribution in [1.29, 1.82) is 0 Å². The van der Waals surface area contributed by atoms with Gasteiger partial charge in [-0.1, -0.05) is 172 Å². The lowest BCUT2D eigenvalue weighted by Gasteiger charge is -2.48. The average molecular weight is 807 g/mol. The van der Waals surface area contributed by atoms with E-state index in [1.165, 1.54) is 0 Å². The van der Waals surface area contributed by atoms with Crippen LogP contribution in [0.3, 0.4) is 0 Å². The van der Waals surface area contributed by atoms with Gasteiger partial charge in [-0.05, 0) is 45.9 Å². The van der Waals surface area contributed by atoms with Crippen LogP contribution in [0, 0.1) is 5.92 Å². The molecule has 1 aliphatic heterocycles. The number of rotatable bonds is 16. The standard InChI is InChI=1S/C47H54O8SSi/c1-45(2,3)57(40-28-18-10-19-29-40,41-30-20-11-21-31-41)52-35-42-43(53-46(4,5)54-44(42)33-48)32-39(55-56(6,49)50)34-51-47(36-22-12-7-13-23-36,37-24-14-8-15-25-37)38-26-16-9-17-27-38/h7-31,33,39,42-44H,32,34-35H2,1-6H3/t39-,42-,43-,44-/m0/s1. The van der Waals surface area contributed by atoms with Crippen molar-refractivity contribution in [3.63, 3.8) is 0 Å². The number of hydrogen-bond acceptors (Lipinski definition) is 8. The van der Waals surface area contributed by atoms with E-state index in [1.54, 1.807) is 13.8 Å². The smallest absolute Gasteiger partial charge is 0.264 e. The third-order valence-electron chi connectivity index (χ3n) is 10.6. The zero-order chi connectivity index (χ0) is 40.7. The lowest BCUT2D eigenvalue weighted by Crippen LogP contribution is -2.67.